The Bertz CT molecular complexity index is 208. The van der Waals surface area contributed by atoms with Crippen molar-refractivity contribution in [2.45, 2.75) is 19.2 Å². The van der Waals surface area contributed by atoms with Crippen molar-refractivity contribution < 1.29 is 4.65 Å². The van der Waals surface area contributed by atoms with E-state index in [0.717, 1.165) is 6.61 Å². The van der Waals surface area contributed by atoms with Crippen molar-refractivity contribution >= 4 is 6.92 Å². The number of pyridine rings is 1. The minimum atomic E-state index is 0.351. The number of hydrogen-bond donors (Lipinski definition) is 0. The normalized spacial score (nSPS) is 15.3. The molecule has 2 nitrogen and oxygen atoms in total. The van der Waals surface area contributed by atoms with Crippen molar-refractivity contribution in [2.24, 2.45) is 0 Å². The van der Waals surface area contributed by atoms with Crippen LogP contribution in [0.2, 0.25) is 6.32 Å². The van der Waals surface area contributed by atoms with Crippen LogP contribution in [0.3, 0.4) is 0 Å². The molecule has 1 fully saturated rings. The van der Waals surface area contributed by atoms with E-state index in [1.807, 2.05) is 24.2 Å². The molecule has 14 heavy (non-hydrogen) atoms. The summed E-state index contributed by atoms with van der Waals surface area (Å²) >= 11 is 0. The van der Waals surface area contributed by atoms with E-state index in [1.165, 1.54) is 19.2 Å². The first-order valence-corrected chi connectivity index (χ1v) is 5.02. The van der Waals surface area contributed by atoms with Crippen molar-refractivity contribution in [1.82, 2.24) is 4.98 Å². The maximum atomic E-state index is 5.31. The molecule has 0 N–H and O–H groups in total. The van der Waals surface area contributed by atoms with E-state index in [2.05, 4.69) is 11.6 Å². The highest BCUT2D eigenvalue weighted by Crippen LogP contribution is 2.10. The van der Waals surface area contributed by atoms with Crippen LogP contribution in [0.25, 0.3) is 0 Å². The third-order valence-electron chi connectivity index (χ3n) is 2.04. The lowest BCUT2D eigenvalue weighted by Crippen LogP contribution is -2.20. The van der Waals surface area contributed by atoms with Gasteiger partial charge in [0, 0.05) is 19.0 Å². The Morgan fingerprint density at radius 2 is 2.00 bits per heavy atom. The number of rotatable bonds is 1. The molecular weight excluding hydrogens is 173 g/mol. The van der Waals surface area contributed by atoms with Crippen molar-refractivity contribution in [3.63, 3.8) is 0 Å². The summed E-state index contributed by atoms with van der Waals surface area (Å²) in [6, 6.07) is 5.72. The summed E-state index contributed by atoms with van der Waals surface area (Å²) in [5.74, 6) is 1.89. The molecule has 0 atom stereocenters. The monoisotopic (exact) mass is 189 g/mol. The van der Waals surface area contributed by atoms with Gasteiger partial charge in [0.1, 0.15) is 0 Å². The second kappa shape index (κ2) is 7.33. The van der Waals surface area contributed by atoms with E-state index in [0.29, 0.717) is 6.92 Å². The molecular formula is C11H16BNO. The van der Waals surface area contributed by atoms with E-state index in [9.17, 15) is 0 Å². The number of nitrogens with zero attached hydrogens (tertiary/aromatic N) is 1. The summed E-state index contributed by atoms with van der Waals surface area (Å²) < 4.78 is 5.31. The Kier molecular flexibility index (Phi) is 5.76. The minimum Gasteiger partial charge on any atom is -0.431 e. The van der Waals surface area contributed by atoms with Crippen LogP contribution in [0, 0.1) is 0 Å². The van der Waals surface area contributed by atoms with Gasteiger partial charge in [-0.05, 0) is 24.9 Å². The molecule has 0 unspecified atom stereocenters. The lowest BCUT2D eigenvalue weighted by Gasteiger charge is -2.15. The first-order valence-electron chi connectivity index (χ1n) is 5.02. The molecule has 3 heteroatoms. The Morgan fingerprint density at radius 3 is 2.29 bits per heavy atom. The van der Waals surface area contributed by atoms with Crippen LogP contribution in [-0.2, 0) is 4.65 Å². The summed E-state index contributed by atoms with van der Waals surface area (Å²) in [6.07, 6.45) is 7.20. The molecule has 0 aliphatic carbocycles. The van der Waals surface area contributed by atoms with E-state index in [4.69, 9.17) is 4.65 Å². The summed E-state index contributed by atoms with van der Waals surface area (Å²) in [4.78, 5) is 3.78. The second-order valence-electron chi connectivity index (χ2n) is 3.17. The van der Waals surface area contributed by atoms with Gasteiger partial charge in [0.15, 0.2) is 0 Å². The van der Waals surface area contributed by atoms with Crippen LogP contribution >= 0.6 is 0 Å². The van der Waals surface area contributed by atoms with Gasteiger partial charge in [0.25, 0.3) is 0 Å². The van der Waals surface area contributed by atoms with Crippen LogP contribution in [0.5, 0.6) is 0 Å². The van der Waals surface area contributed by atoms with Gasteiger partial charge in [0.2, 0.25) is 0 Å². The highest BCUT2D eigenvalue weighted by molar-refractivity contribution is 6.57. The lowest BCUT2D eigenvalue weighted by molar-refractivity contribution is 0.294. The molecule has 2 heterocycles. The van der Waals surface area contributed by atoms with Gasteiger partial charge >= 0.3 is 6.92 Å². The highest BCUT2D eigenvalue weighted by Gasteiger charge is 2.13. The lowest BCUT2D eigenvalue weighted by atomic mass is 9.62. The van der Waals surface area contributed by atoms with Crippen LogP contribution in [-0.4, -0.2) is 18.5 Å². The van der Waals surface area contributed by atoms with Crippen LogP contribution in [0.15, 0.2) is 43.1 Å². The third-order valence-corrected chi connectivity index (χ3v) is 2.04. The van der Waals surface area contributed by atoms with Crippen molar-refractivity contribution in [3.8, 4) is 0 Å². The van der Waals surface area contributed by atoms with Gasteiger partial charge in [0.05, 0.1) is 0 Å². The van der Waals surface area contributed by atoms with Gasteiger partial charge in [-0.1, -0.05) is 18.5 Å². The summed E-state index contributed by atoms with van der Waals surface area (Å²) in [5, 5.41) is 0. The Balaban J connectivity index is 0.000000146. The average Bonchev–Trinajstić information content (AvgIpc) is 2.33. The average molecular weight is 189 g/mol. The first kappa shape index (κ1) is 11.0. The fourth-order valence-electron chi connectivity index (χ4n) is 1.26. The van der Waals surface area contributed by atoms with E-state index < -0.39 is 0 Å². The van der Waals surface area contributed by atoms with Gasteiger partial charge in [-0.3, -0.25) is 4.98 Å². The molecule has 0 amide bonds. The van der Waals surface area contributed by atoms with Crippen molar-refractivity contribution in [3.05, 3.63) is 43.1 Å². The molecule has 1 aromatic heterocycles. The molecule has 0 bridgehead atoms. The van der Waals surface area contributed by atoms with Crippen LogP contribution in [0.4, 0.5) is 0 Å². The SMILES string of the molecule is C=CB1CCCCO1.c1ccncc1. The van der Waals surface area contributed by atoms with E-state index in [1.54, 1.807) is 12.4 Å². The third kappa shape index (κ3) is 4.82. The highest BCUT2D eigenvalue weighted by atomic mass is 16.4. The zero-order chi connectivity index (χ0) is 10.1. The standard InChI is InChI=1S/C6H11BO.C5H5N/c1-2-7-5-3-4-6-8-7;1-2-4-6-5-3-1/h2H,1,3-6H2;1-5H. The molecule has 0 aromatic carbocycles. The molecule has 74 valence electrons. The Morgan fingerprint density at radius 1 is 1.21 bits per heavy atom. The predicted octanol–water partition coefficient (Wildman–Crippen LogP) is 2.60. The molecule has 1 saturated heterocycles. The molecule has 0 saturated carbocycles. The summed E-state index contributed by atoms with van der Waals surface area (Å²) in [6.45, 7) is 4.94. The quantitative estimate of drug-likeness (QED) is 0.633. The fourth-order valence-corrected chi connectivity index (χ4v) is 1.26. The maximum Gasteiger partial charge on any atom is 0.318 e. The second-order valence-corrected chi connectivity index (χ2v) is 3.17. The van der Waals surface area contributed by atoms with Crippen LogP contribution in [0.1, 0.15) is 12.8 Å². The molecule has 1 aromatic rings. The molecule has 1 aliphatic heterocycles. The van der Waals surface area contributed by atoms with Crippen molar-refractivity contribution in [1.29, 1.82) is 0 Å². The minimum absolute atomic E-state index is 0.351. The molecule has 1 aliphatic rings. The van der Waals surface area contributed by atoms with Gasteiger partial charge in [-0.25, -0.2) is 0 Å². The maximum absolute atomic E-state index is 5.31. The first-order chi connectivity index (χ1) is 6.93. The Hall–Kier alpha value is -1.09. The zero-order valence-electron chi connectivity index (χ0n) is 8.43. The fraction of sp³-hybridized carbons (Fsp3) is 0.364. The number of aromatic nitrogens is 1. The topological polar surface area (TPSA) is 22.1 Å². The van der Waals surface area contributed by atoms with Gasteiger partial charge in [-0.2, -0.15) is 0 Å². The molecule has 0 spiro atoms. The summed E-state index contributed by atoms with van der Waals surface area (Å²) in [7, 11) is 0. The largest absolute Gasteiger partial charge is 0.431 e. The van der Waals surface area contributed by atoms with Crippen molar-refractivity contribution in [2.75, 3.05) is 6.61 Å². The molecule has 2 rings (SSSR count). The molecule has 0 radical (unpaired) electrons. The summed E-state index contributed by atoms with van der Waals surface area (Å²) in [5.41, 5.74) is 0. The van der Waals surface area contributed by atoms with E-state index in [-0.39, 0.29) is 0 Å². The van der Waals surface area contributed by atoms with Gasteiger partial charge < -0.3 is 4.65 Å². The van der Waals surface area contributed by atoms with Gasteiger partial charge in [-0.15, -0.1) is 6.58 Å². The zero-order valence-corrected chi connectivity index (χ0v) is 8.43. The predicted molar refractivity (Wildman–Crippen MR) is 60.2 cm³/mol. The van der Waals surface area contributed by atoms with Crippen LogP contribution < -0.4 is 0 Å². The smallest absolute Gasteiger partial charge is 0.318 e. The number of hydrogen-bond acceptors (Lipinski definition) is 2. The van der Waals surface area contributed by atoms with E-state index >= 15 is 0 Å². The Labute approximate surface area is 86.1 Å².